The van der Waals surface area contributed by atoms with Gasteiger partial charge >= 0.3 is 6.09 Å². The zero-order valence-corrected chi connectivity index (χ0v) is 21.6. The molecule has 0 radical (unpaired) electrons. The van der Waals surface area contributed by atoms with E-state index < -0.39 is 0 Å². The molecule has 0 spiro atoms. The topological polar surface area (TPSA) is 54.5 Å². The molecule has 2 fully saturated rings. The Hall–Kier alpha value is -3.71. The van der Waals surface area contributed by atoms with Crippen LogP contribution >= 0.6 is 0 Å². The molecule has 3 aliphatic heterocycles. The number of rotatable bonds is 5. The predicted molar refractivity (Wildman–Crippen MR) is 145 cm³/mol. The summed E-state index contributed by atoms with van der Waals surface area (Å²) in [5, 5.41) is 0. The minimum Gasteiger partial charge on any atom is -0.454 e. The highest BCUT2D eigenvalue weighted by Crippen LogP contribution is 2.50. The van der Waals surface area contributed by atoms with Gasteiger partial charge in [0.05, 0.1) is 6.04 Å². The van der Waals surface area contributed by atoms with Crippen LogP contribution in [-0.4, -0.2) is 55.4 Å². The Morgan fingerprint density at radius 2 is 1.68 bits per heavy atom. The van der Waals surface area contributed by atoms with Crippen molar-refractivity contribution >= 4 is 11.8 Å². The summed E-state index contributed by atoms with van der Waals surface area (Å²) in [6.07, 6.45) is 1.80. The second-order valence-electron chi connectivity index (χ2n) is 10.7. The van der Waals surface area contributed by atoms with Crippen LogP contribution in [0.3, 0.4) is 0 Å². The van der Waals surface area contributed by atoms with Crippen LogP contribution in [0.1, 0.15) is 47.1 Å². The maximum absolute atomic E-state index is 13.0. The summed E-state index contributed by atoms with van der Waals surface area (Å²) < 4.78 is 16.7. The first-order valence-corrected chi connectivity index (χ1v) is 13.7. The van der Waals surface area contributed by atoms with E-state index in [9.17, 15) is 4.79 Å². The summed E-state index contributed by atoms with van der Waals surface area (Å²) in [5.41, 5.74) is 6.31. The van der Waals surface area contributed by atoms with E-state index in [4.69, 9.17) is 14.2 Å². The molecule has 2 saturated heterocycles. The molecule has 38 heavy (non-hydrogen) atoms. The van der Waals surface area contributed by atoms with Gasteiger partial charge in [0.25, 0.3) is 0 Å². The number of hydrogen-bond acceptors (Lipinski definition) is 6. The fraction of sp³-hybridized carbons (Fsp3) is 0.387. The lowest BCUT2D eigenvalue weighted by Crippen LogP contribution is -2.46. The Labute approximate surface area is 223 Å². The van der Waals surface area contributed by atoms with Crippen molar-refractivity contribution in [2.45, 2.75) is 38.0 Å². The molecule has 3 aromatic carbocycles. The van der Waals surface area contributed by atoms with E-state index in [1.165, 1.54) is 22.4 Å². The number of piperazine rings is 1. The highest BCUT2D eigenvalue weighted by atomic mass is 16.7. The van der Waals surface area contributed by atoms with Gasteiger partial charge in [0, 0.05) is 45.0 Å². The van der Waals surface area contributed by atoms with Crippen molar-refractivity contribution in [3.63, 3.8) is 0 Å². The van der Waals surface area contributed by atoms with Crippen LogP contribution in [0.4, 0.5) is 10.5 Å². The van der Waals surface area contributed by atoms with Crippen LogP contribution in [0.25, 0.3) is 0 Å². The van der Waals surface area contributed by atoms with Crippen LogP contribution in [-0.2, 0) is 17.9 Å². The van der Waals surface area contributed by atoms with E-state index >= 15 is 0 Å². The lowest BCUT2D eigenvalue weighted by atomic mass is 9.95. The van der Waals surface area contributed by atoms with Gasteiger partial charge in [0.15, 0.2) is 11.5 Å². The number of carbonyl (C=O) groups is 1. The van der Waals surface area contributed by atoms with Gasteiger partial charge < -0.3 is 24.0 Å². The molecular formula is C31H33N3O4. The molecule has 7 rings (SSSR count). The third-order valence-corrected chi connectivity index (χ3v) is 8.49. The van der Waals surface area contributed by atoms with Gasteiger partial charge in [-0.15, -0.1) is 0 Å². The van der Waals surface area contributed by atoms with Gasteiger partial charge in [0.1, 0.15) is 6.61 Å². The summed E-state index contributed by atoms with van der Waals surface area (Å²) in [4.78, 5) is 19.9. The van der Waals surface area contributed by atoms with Crippen molar-refractivity contribution in [2.24, 2.45) is 0 Å². The molecule has 0 saturated carbocycles. The smallest absolute Gasteiger partial charge is 0.410 e. The van der Waals surface area contributed by atoms with Gasteiger partial charge in [-0.2, -0.15) is 0 Å². The van der Waals surface area contributed by atoms with Gasteiger partial charge in [-0.05, 0) is 65.3 Å². The van der Waals surface area contributed by atoms with Gasteiger partial charge in [-0.3, -0.25) is 4.90 Å². The number of benzene rings is 3. The summed E-state index contributed by atoms with van der Waals surface area (Å²) >= 11 is 0. The van der Waals surface area contributed by atoms with E-state index in [0.29, 0.717) is 19.3 Å². The molecule has 7 heteroatoms. The van der Waals surface area contributed by atoms with Crippen molar-refractivity contribution in [3.8, 4) is 11.5 Å². The van der Waals surface area contributed by atoms with Crippen LogP contribution in [0, 0.1) is 0 Å². The molecule has 196 valence electrons. The summed E-state index contributed by atoms with van der Waals surface area (Å²) in [7, 11) is 0. The zero-order chi connectivity index (χ0) is 25.5. The molecular weight excluding hydrogens is 478 g/mol. The highest BCUT2D eigenvalue weighted by Gasteiger charge is 2.41. The molecule has 3 aromatic rings. The molecule has 1 aliphatic carbocycles. The van der Waals surface area contributed by atoms with Crippen molar-refractivity contribution in [2.75, 3.05) is 44.4 Å². The maximum atomic E-state index is 13.0. The van der Waals surface area contributed by atoms with Crippen LogP contribution < -0.4 is 14.4 Å². The monoisotopic (exact) mass is 511 g/mol. The Kier molecular flexibility index (Phi) is 6.08. The van der Waals surface area contributed by atoms with E-state index in [0.717, 1.165) is 69.2 Å². The number of nitrogens with zero attached hydrogens (tertiary/aromatic N) is 3. The van der Waals surface area contributed by atoms with Gasteiger partial charge in [-0.1, -0.05) is 42.5 Å². The van der Waals surface area contributed by atoms with Gasteiger partial charge in [0.2, 0.25) is 6.79 Å². The Balaban J connectivity index is 0.978. The Bertz CT molecular complexity index is 1320. The first-order chi connectivity index (χ1) is 18.7. The third kappa shape index (κ3) is 4.45. The van der Waals surface area contributed by atoms with E-state index in [1.807, 2.05) is 41.3 Å². The molecule has 0 N–H and O–H groups in total. The molecule has 2 bridgehead atoms. The number of hydrogen-bond donors (Lipinski definition) is 0. The standard InChI is InChI=1S/C31H33N3O4/c35-31(36-20-22-4-2-1-3-5-22)34-11-10-24-17-28(34)26-8-7-25(18-27(24)26)33-14-12-32(13-15-33)19-23-6-9-29-30(16-23)38-21-37-29/h1-9,16,18,24,28H,10-15,17,19-21H2/t24-,28?/m1/s1. The van der Waals surface area contributed by atoms with Crippen molar-refractivity contribution in [3.05, 3.63) is 89.0 Å². The number of piperidine rings is 1. The Morgan fingerprint density at radius 1 is 0.842 bits per heavy atom. The SMILES string of the molecule is O=C(OCc1ccccc1)N1CC[C@@H]2CC1c1ccc(N3CCN(Cc4ccc5c(c4)OCO5)CC3)cc12. The van der Waals surface area contributed by atoms with Crippen LogP contribution in [0.15, 0.2) is 66.7 Å². The van der Waals surface area contributed by atoms with E-state index in [2.05, 4.69) is 40.1 Å². The summed E-state index contributed by atoms with van der Waals surface area (Å²) in [5.74, 6) is 2.22. The first kappa shape index (κ1) is 23.4. The molecule has 1 unspecified atom stereocenters. The largest absolute Gasteiger partial charge is 0.454 e. The van der Waals surface area contributed by atoms with E-state index in [1.54, 1.807) is 0 Å². The number of amides is 1. The quantitative estimate of drug-likeness (QED) is 0.463. The molecule has 2 atom stereocenters. The van der Waals surface area contributed by atoms with Crippen molar-refractivity contribution < 1.29 is 19.0 Å². The van der Waals surface area contributed by atoms with Gasteiger partial charge in [-0.25, -0.2) is 4.79 Å². The van der Waals surface area contributed by atoms with Crippen molar-refractivity contribution in [1.29, 1.82) is 0 Å². The summed E-state index contributed by atoms with van der Waals surface area (Å²) in [6.45, 7) is 6.39. The average Bonchev–Trinajstić information content (AvgIpc) is 3.54. The molecule has 0 aromatic heterocycles. The normalized spacial score (nSPS) is 21.9. The third-order valence-electron chi connectivity index (χ3n) is 8.49. The lowest BCUT2D eigenvalue weighted by Gasteiger charge is -2.36. The fourth-order valence-corrected chi connectivity index (χ4v) is 6.44. The van der Waals surface area contributed by atoms with Crippen molar-refractivity contribution in [1.82, 2.24) is 9.80 Å². The number of ether oxygens (including phenoxy) is 3. The lowest BCUT2D eigenvalue weighted by molar-refractivity contribution is 0.0694. The number of anilines is 1. The summed E-state index contributed by atoms with van der Waals surface area (Å²) in [6, 6.07) is 23.2. The van der Waals surface area contributed by atoms with Crippen LogP contribution in [0.2, 0.25) is 0 Å². The minimum absolute atomic E-state index is 0.125. The maximum Gasteiger partial charge on any atom is 0.410 e. The molecule has 3 heterocycles. The number of fused-ring (bicyclic) bond motifs is 6. The van der Waals surface area contributed by atoms with Crippen LogP contribution in [0.5, 0.6) is 11.5 Å². The molecule has 7 nitrogen and oxygen atoms in total. The number of carbonyl (C=O) groups excluding carboxylic acids is 1. The highest BCUT2D eigenvalue weighted by molar-refractivity contribution is 5.70. The minimum atomic E-state index is -0.201. The average molecular weight is 512 g/mol. The Morgan fingerprint density at radius 3 is 2.55 bits per heavy atom. The number of likely N-dealkylation sites (tertiary alicyclic amines) is 1. The van der Waals surface area contributed by atoms with E-state index in [-0.39, 0.29) is 12.1 Å². The second kappa shape index (κ2) is 9.87. The molecule has 1 amide bonds. The fourth-order valence-electron chi connectivity index (χ4n) is 6.44. The predicted octanol–water partition coefficient (Wildman–Crippen LogP) is 5.31. The first-order valence-electron chi connectivity index (χ1n) is 13.7. The second-order valence-corrected chi connectivity index (χ2v) is 10.7. The zero-order valence-electron chi connectivity index (χ0n) is 21.6. The molecule has 4 aliphatic rings.